The predicted octanol–water partition coefficient (Wildman–Crippen LogP) is 0.878. The van der Waals surface area contributed by atoms with Crippen LogP contribution >= 0.6 is 0 Å². The van der Waals surface area contributed by atoms with E-state index in [0.717, 1.165) is 6.08 Å². The Kier molecular flexibility index (Phi) is 4.00. The Hall–Kier alpha value is -3.06. The number of hydrogen-bond donors (Lipinski definition) is 5. The zero-order valence-electron chi connectivity index (χ0n) is 11.1. The first kappa shape index (κ1) is 15.3. The number of hydrogen-bond acceptors (Lipinski definition) is 7. The summed E-state index contributed by atoms with van der Waals surface area (Å²) in [5, 5.41) is 46.7. The van der Waals surface area contributed by atoms with Crippen LogP contribution in [0.4, 0.5) is 0 Å². The molecule has 0 heterocycles. The second-order valence-electron chi connectivity index (χ2n) is 4.54. The van der Waals surface area contributed by atoms with Crippen LogP contribution in [0.15, 0.2) is 47.4 Å². The lowest BCUT2D eigenvalue weighted by molar-refractivity contribution is -0.117. The molecule has 1 aliphatic carbocycles. The van der Waals surface area contributed by atoms with E-state index < -0.39 is 34.8 Å². The molecule has 0 amide bonds. The molecule has 7 heteroatoms. The number of allylic oxidation sites excluding steroid dienone is 3. The van der Waals surface area contributed by atoms with E-state index in [9.17, 15) is 30.0 Å². The smallest absolute Gasteiger partial charge is 0.196 e. The SMILES string of the molecule is O=C1C=C(O)C(O)C(O)=C1C(=O)/C=C/c1ccc(O)c(O)c1. The van der Waals surface area contributed by atoms with Crippen molar-refractivity contribution in [2.45, 2.75) is 6.10 Å². The Morgan fingerprint density at radius 2 is 1.77 bits per heavy atom. The number of benzene rings is 1. The molecule has 1 atom stereocenters. The van der Waals surface area contributed by atoms with Gasteiger partial charge >= 0.3 is 0 Å². The van der Waals surface area contributed by atoms with Crippen LogP contribution in [-0.2, 0) is 9.59 Å². The van der Waals surface area contributed by atoms with Crippen molar-refractivity contribution in [1.82, 2.24) is 0 Å². The standard InChI is InChI=1S/C15H12O7/c16-8-3-1-7(5-10(8)18)2-4-9(17)13-11(19)6-12(20)14(21)15(13)22/h1-6,14,16,18,20-22H/b4-2+. The quantitative estimate of drug-likeness (QED) is 0.318. The van der Waals surface area contributed by atoms with Crippen LogP contribution in [0.1, 0.15) is 5.56 Å². The van der Waals surface area contributed by atoms with Crippen molar-refractivity contribution in [2.75, 3.05) is 0 Å². The highest BCUT2D eigenvalue weighted by Crippen LogP contribution is 2.26. The van der Waals surface area contributed by atoms with Crippen molar-refractivity contribution in [1.29, 1.82) is 0 Å². The molecule has 0 aliphatic heterocycles. The Balaban J connectivity index is 2.27. The third kappa shape index (κ3) is 2.84. The van der Waals surface area contributed by atoms with Gasteiger partial charge in [-0.3, -0.25) is 9.59 Å². The topological polar surface area (TPSA) is 135 Å². The maximum Gasteiger partial charge on any atom is 0.196 e. The Morgan fingerprint density at radius 1 is 1.09 bits per heavy atom. The normalized spacial score (nSPS) is 18.7. The zero-order valence-corrected chi connectivity index (χ0v) is 11.1. The first-order valence-corrected chi connectivity index (χ1v) is 6.11. The molecular weight excluding hydrogens is 292 g/mol. The highest BCUT2D eigenvalue weighted by Gasteiger charge is 2.31. The number of phenols is 2. The maximum absolute atomic E-state index is 11.9. The average molecular weight is 304 g/mol. The van der Waals surface area contributed by atoms with Gasteiger partial charge in [0.05, 0.1) is 0 Å². The van der Waals surface area contributed by atoms with Crippen LogP contribution in [-0.4, -0.2) is 43.2 Å². The van der Waals surface area contributed by atoms with Crippen LogP contribution in [0.2, 0.25) is 0 Å². The lowest BCUT2D eigenvalue weighted by atomic mass is 9.95. The molecule has 114 valence electrons. The minimum absolute atomic E-state index is 0.324. The Bertz CT molecular complexity index is 740. The average Bonchev–Trinajstić information content (AvgIpc) is 2.46. The number of aliphatic hydroxyl groups excluding tert-OH is 3. The van der Waals surface area contributed by atoms with Crippen molar-refractivity contribution >= 4 is 17.6 Å². The highest BCUT2D eigenvalue weighted by atomic mass is 16.4. The van der Waals surface area contributed by atoms with Gasteiger partial charge < -0.3 is 25.5 Å². The Labute approximate surface area is 124 Å². The number of ketones is 2. The third-order valence-corrected chi connectivity index (χ3v) is 2.99. The van der Waals surface area contributed by atoms with Gasteiger partial charge in [-0.2, -0.15) is 0 Å². The van der Waals surface area contributed by atoms with Gasteiger partial charge in [0, 0.05) is 6.08 Å². The molecule has 1 aromatic carbocycles. The molecule has 0 fully saturated rings. The molecule has 0 radical (unpaired) electrons. The summed E-state index contributed by atoms with van der Waals surface area (Å²) in [7, 11) is 0. The van der Waals surface area contributed by atoms with Gasteiger partial charge in [0.25, 0.3) is 0 Å². The highest BCUT2D eigenvalue weighted by molar-refractivity contribution is 6.29. The first-order valence-electron chi connectivity index (χ1n) is 6.11. The molecule has 1 aliphatic rings. The van der Waals surface area contributed by atoms with Crippen molar-refractivity contribution in [2.24, 2.45) is 0 Å². The van der Waals surface area contributed by atoms with Gasteiger partial charge in [0.2, 0.25) is 0 Å². The van der Waals surface area contributed by atoms with E-state index >= 15 is 0 Å². The van der Waals surface area contributed by atoms with Crippen molar-refractivity contribution in [3.8, 4) is 11.5 Å². The van der Waals surface area contributed by atoms with Gasteiger partial charge in [-0.1, -0.05) is 12.1 Å². The van der Waals surface area contributed by atoms with Gasteiger partial charge in [0.1, 0.15) is 17.1 Å². The third-order valence-electron chi connectivity index (χ3n) is 2.99. The molecule has 0 spiro atoms. The fourth-order valence-electron chi connectivity index (χ4n) is 1.84. The van der Waals surface area contributed by atoms with E-state index in [0.29, 0.717) is 11.6 Å². The molecule has 5 N–H and O–H groups in total. The summed E-state index contributed by atoms with van der Waals surface area (Å²) < 4.78 is 0. The molecule has 7 nitrogen and oxygen atoms in total. The second kappa shape index (κ2) is 5.74. The summed E-state index contributed by atoms with van der Waals surface area (Å²) >= 11 is 0. The molecular formula is C15H12O7. The van der Waals surface area contributed by atoms with Gasteiger partial charge in [-0.25, -0.2) is 0 Å². The molecule has 0 bridgehead atoms. The summed E-state index contributed by atoms with van der Waals surface area (Å²) in [6.07, 6.45) is 1.04. The second-order valence-corrected chi connectivity index (χ2v) is 4.54. The van der Waals surface area contributed by atoms with E-state index in [1.807, 2.05) is 0 Å². The van der Waals surface area contributed by atoms with Gasteiger partial charge in [0.15, 0.2) is 29.2 Å². The number of carbonyl (C=O) groups is 2. The van der Waals surface area contributed by atoms with E-state index in [1.54, 1.807) is 0 Å². The van der Waals surface area contributed by atoms with E-state index in [4.69, 9.17) is 5.11 Å². The van der Waals surface area contributed by atoms with Gasteiger partial charge in [-0.05, 0) is 23.8 Å². The van der Waals surface area contributed by atoms with Crippen molar-refractivity contribution in [3.63, 3.8) is 0 Å². The predicted molar refractivity (Wildman–Crippen MR) is 75.2 cm³/mol. The Morgan fingerprint density at radius 3 is 2.41 bits per heavy atom. The van der Waals surface area contributed by atoms with Crippen molar-refractivity contribution in [3.05, 3.63) is 53.0 Å². The van der Waals surface area contributed by atoms with E-state index in [1.165, 1.54) is 24.3 Å². The van der Waals surface area contributed by atoms with Crippen LogP contribution in [0.5, 0.6) is 11.5 Å². The number of aliphatic hydroxyl groups is 3. The van der Waals surface area contributed by atoms with Crippen molar-refractivity contribution < 1.29 is 35.1 Å². The minimum Gasteiger partial charge on any atom is -0.509 e. The zero-order chi connectivity index (χ0) is 16.4. The summed E-state index contributed by atoms with van der Waals surface area (Å²) in [4.78, 5) is 23.6. The molecule has 1 aromatic rings. The molecule has 22 heavy (non-hydrogen) atoms. The minimum atomic E-state index is -1.82. The molecule has 0 saturated carbocycles. The lowest BCUT2D eigenvalue weighted by Crippen LogP contribution is -2.26. The summed E-state index contributed by atoms with van der Waals surface area (Å²) in [5.74, 6) is -4.18. The molecule has 1 unspecified atom stereocenters. The van der Waals surface area contributed by atoms with Crippen LogP contribution in [0, 0.1) is 0 Å². The van der Waals surface area contributed by atoms with Crippen LogP contribution < -0.4 is 0 Å². The first-order chi connectivity index (χ1) is 10.3. The van der Waals surface area contributed by atoms with E-state index in [2.05, 4.69) is 0 Å². The largest absolute Gasteiger partial charge is 0.509 e. The number of aromatic hydroxyl groups is 2. The van der Waals surface area contributed by atoms with E-state index in [-0.39, 0.29) is 11.5 Å². The summed E-state index contributed by atoms with van der Waals surface area (Å²) in [5.41, 5.74) is -0.282. The maximum atomic E-state index is 11.9. The monoisotopic (exact) mass is 304 g/mol. The molecule has 0 saturated heterocycles. The van der Waals surface area contributed by atoms with Crippen LogP contribution in [0.3, 0.4) is 0 Å². The summed E-state index contributed by atoms with van der Waals surface area (Å²) in [6.45, 7) is 0. The number of rotatable bonds is 3. The fourth-order valence-corrected chi connectivity index (χ4v) is 1.84. The fraction of sp³-hybridized carbons (Fsp3) is 0.0667. The summed E-state index contributed by atoms with van der Waals surface area (Å²) in [6, 6.07) is 3.82. The van der Waals surface area contributed by atoms with Gasteiger partial charge in [-0.15, -0.1) is 0 Å². The number of carbonyl (C=O) groups excluding carboxylic acids is 2. The molecule has 2 rings (SSSR count). The molecule has 0 aromatic heterocycles. The lowest BCUT2D eigenvalue weighted by Gasteiger charge is -2.16. The van der Waals surface area contributed by atoms with Crippen LogP contribution in [0.25, 0.3) is 6.08 Å². The number of phenolic OH excluding ortho intramolecular Hbond substituents is 2.